The Hall–Kier alpha value is -1.05. The zero-order chi connectivity index (χ0) is 17.8. The number of ether oxygens (including phenoxy) is 1. The first-order valence-electron chi connectivity index (χ1n) is 8.19. The summed E-state index contributed by atoms with van der Waals surface area (Å²) < 4.78 is 57.3. The van der Waals surface area contributed by atoms with E-state index in [4.69, 9.17) is 14.0 Å². The van der Waals surface area contributed by atoms with Crippen LogP contribution in [0.5, 0.6) is 0 Å². The van der Waals surface area contributed by atoms with Crippen LogP contribution in [0.3, 0.4) is 0 Å². The van der Waals surface area contributed by atoms with Gasteiger partial charge in [0.15, 0.2) is 0 Å². The lowest BCUT2D eigenvalue weighted by atomic mass is 9.77. The molecule has 0 aromatic heterocycles. The molecule has 0 bridgehead atoms. The predicted molar refractivity (Wildman–Crippen MR) is 85.1 cm³/mol. The average Bonchev–Trinajstić information content (AvgIpc) is 3.04. The molecule has 0 N–H and O–H groups in total. The monoisotopic (exact) mass is 342 g/mol. The number of benzene rings is 1. The Kier molecular flexibility index (Phi) is 4.26. The SMILES string of the molecule is CC1(C)OB(c2cc(C3CCCO3)cc(C(F)(F)F)c2)OC1(C)C. The standard InChI is InChI=1S/C17H22BF3O3/c1-15(2)16(3,4)24-18(23-15)13-9-11(14-6-5-7-22-14)8-12(10-13)17(19,20)21/h8-10,14H,5-7H2,1-4H3. The molecule has 132 valence electrons. The molecule has 1 aromatic carbocycles. The highest BCUT2D eigenvalue weighted by Crippen LogP contribution is 2.38. The van der Waals surface area contributed by atoms with Crippen LogP contribution in [-0.4, -0.2) is 24.9 Å². The van der Waals surface area contributed by atoms with Gasteiger partial charge in [-0.25, -0.2) is 0 Å². The summed E-state index contributed by atoms with van der Waals surface area (Å²) in [5.41, 5.74) is -0.979. The van der Waals surface area contributed by atoms with Crippen molar-refractivity contribution in [3.8, 4) is 0 Å². The van der Waals surface area contributed by atoms with E-state index in [0.717, 1.165) is 18.9 Å². The van der Waals surface area contributed by atoms with Gasteiger partial charge in [-0.05, 0) is 57.6 Å². The van der Waals surface area contributed by atoms with E-state index in [1.807, 2.05) is 27.7 Å². The topological polar surface area (TPSA) is 27.7 Å². The third-order valence-electron chi connectivity index (χ3n) is 5.13. The summed E-state index contributed by atoms with van der Waals surface area (Å²) >= 11 is 0. The smallest absolute Gasteiger partial charge is 0.399 e. The van der Waals surface area contributed by atoms with E-state index in [2.05, 4.69) is 0 Å². The molecule has 2 aliphatic heterocycles. The molecule has 1 unspecified atom stereocenters. The maximum Gasteiger partial charge on any atom is 0.494 e. The molecule has 7 heteroatoms. The van der Waals surface area contributed by atoms with E-state index >= 15 is 0 Å². The number of alkyl halides is 3. The first-order valence-corrected chi connectivity index (χ1v) is 8.19. The number of rotatable bonds is 2. The van der Waals surface area contributed by atoms with Gasteiger partial charge in [0, 0.05) is 6.61 Å². The highest BCUT2D eigenvalue weighted by molar-refractivity contribution is 6.62. The van der Waals surface area contributed by atoms with Gasteiger partial charge in [-0.3, -0.25) is 0 Å². The van der Waals surface area contributed by atoms with Crippen molar-refractivity contribution in [3.63, 3.8) is 0 Å². The minimum absolute atomic E-state index is 0.298. The second kappa shape index (κ2) is 5.75. The molecule has 2 saturated heterocycles. The highest BCUT2D eigenvalue weighted by Gasteiger charge is 2.52. The van der Waals surface area contributed by atoms with Crippen LogP contribution in [0.2, 0.25) is 0 Å². The molecular weight excluding hydrogens is 320 g/mol. The van der Waals surface area contributed by atoms with Gasteiger partial charge in [-0.1, -0.05) is 12.1 Å². The van der Waals surface area contributed by atoms with Crippen molar-refractivity contribution >= 4 is 12.6 Å². The Balaban J connectivity index is 2.00. The largest absolute Gasteiger partial charge is 0.494 e. The molecule has 0 aliphatic carbocycles. The number of hydrogen-bond acceptors (Lipinski definition) is 3. The zero-order valence-corrected chi connectivity index (χ0v) is 14.4. The first-order chi connectivity index (χ1) is 11.0. The lowest BCUT2D eigenvalue weighted by molar-refractivity contribution is -0.137. The van der Waals surface area contributed by atoms with E-state index in [0.29, 0.717) is 17.6 Å². The van der Waals surface area contributed by atoms with Gasteiger partial charge in [-0.15, -0.1) is 0 Å². The van der Waals surface area contributed by atoms with Crippen molar-refractivity contribution in [2.24, 2.45) is 0 Å². The molecule has 24 heavy (non-hydrogen) atoms. The highest BCUT2D eigenvalue weighted by atomic mass is 19.4. The molecule has 0 amide bonds. The van der Waals surface area contributed by atoms with E-state index in [-0.39, 0.29) is 6.10 Å². The molecule has 1 atom stereocenters. The fourth-order valence-electron chi connectivity index (χ4n) is 2.98. The van der Waals surface area contributed by atoms with Crippen molar-refractivity contribution < 1.29 is 27.2 Å². The van der Waals surface area contributed by atoms with Gasteiger partial charge in [-0.2, -0.15) is 13.2 Å². The van der Waals surface area contributed by atoms with Crippen molar-refractivity contribution in [1.29, 1.82) is 0 Å². The summed E-state index contributed by atoms with van der Waals surface area (Å²) in [4.78, 5) is 0. The van der Waals surface area contributed by atoms with Crippen LogP contribution < -0.4 is 5.46 Å². The van der Waals surface area contributed by atoms with Crippen LogP contribution in [0.4, 0.5) is 13.2 Å². The first kappa shape index (κ1) is 17.8. The minimum Gasteiger partial charge on any atom is -0.399 e. The van der Waals surface area contributed by atoms with Gasteiger partial charge in [0.1, 0.15) is 0 Å². The summed E-state index contributed by atoms with van der Waals surface area (Å²) in [6, 6.07) is 4.00. The Morgan fingerprint density at radius 1 is 1.04 bits per heavy atom. The molecule has 3 rings (SSSR count). The van der Waals surface area contributed by atoms with Gasteiger partial charge in [0.25, 0.3) is 0 Å². The van der Waals surface area contributed by atoms with Crippen molar-refractivity contribution in [2.45, 2.75) is 64.0 Å². The fraction of sp³-hybridized carbons (Fsp3) is 0.647. The molecular formula is C17H22BF3O3. The Morgan fingerprint density at radius 3 is 2.17 bits per heavy atom. The predicted octanol–water partition coefficient (Wildman–Crippen LogP) is 3.86. The van der Waals surface area contributed by atoms with Gasteiger partial charge in [0.2, 0.25) is 0 Å². The maximum absolute atomic E-state index is 13.3. The van der Waals surface area contributed by atoms with Gasteiger partial charge in [0.05, 0.1) is 22.9 Å². The minimum atomic E-state index is -4.42. The van der Waals surface area contributed by atoms with Crippen LogP contribution in [0.25, 0.3) is 0 Å². The van der Waals surface area contributed by atoms with Crippen LogP contribution in [0, 0.1) is 0 Å². The summed E-state index contributed by atoms with van der Waals surface area (Å²) in [5.74, 6) is 0. The maximum atomic E-state index is 13.3. The molecule has 2 heterocycles. The lowest BCUT2D eigenvalue weighted by Crippen LogP contribution is -2.41. The average molecular weight is 342 g/mol. The van der Waals surface area contributed by atoms with Crippen LogP contribution in [-0.2, 0) is 20.2 Å². The second-order valence-electron chi connectivity index (χ2n) is 7.48. The van der Waals surface area contributed by atoms with Crippen molar-refractivity contribution in [2.75, 3.05) is 6.61 Å². The number of hydrogen-bond donors (Lipinski definition) is 0. The molecule has 1 aromatic rings. The quantitative estimate of drug-likeness (QED) is 0.764. The van der Waals surface area contributed by atoms with E-state index in [1.165, 1.54) is 6.07 Å². The van der Waals surface area contributed by atoms with Gasteiger partial charge >= 0.3 is 13.3 Å². The van der Waals surface area contributed by atoms with Crippen LogP contribution in [0.15, 0.2) is 18.2 Å². The summed E-state index contributed by atoms with van der Waals surface area (Å²) in [6.45, 7) is 8.08. The third-order valence-corrected chi connectivity index (χ3v) is 5.13. The van der Waals surface area contributed by atoms with E-state index < -0.39 is 30.1 Å². The van der Waals surface area contributed by atoms with Crippen molar-refractivity contribution in [1.82, 2.24) is 0 Å². The summed E-state index contributed by atoms with van der Waals surface area (Å²) in [6.07, 6.45) is -3.14. The summed E-state index contributed by atoms with van der Waals surface area (Å²) in [5, 5.41) is 0. The lowest BCUT2D eigenvalue weighted by Gasteiger charge is -2.32. The van der Waals surface area contributed by atoms with Crippen LogP contribution in [0.1, 0.15) is 57.8 Å². The zero-order valence-electron chi connectivity index (χ0n) is 14.4. The molecule has 0 radical (unpaired) electrons. The van der Waals surface area contributed by atoms with Crippen LogP contribution >= 0.6 is 0 Å². The molecule has 0 saturated carbocycles. The van der Waals surface area contributed by atoms with Gasteiger partial charge < -0.3 is 14.0 Å². The second-order valence-corrected chi connectivity index (χ2v) is 7.48. The fourth-order valence-corrected chi connectivity index (χ4v) is 2.98. The van der Waals surface area contributed by atoms with E-state index in [1.54, 1.807) is 6.07 Å². The molecule has 3 nitrogen and oxygen atoms in total. The van der Waals surface area contributed by atoms with E-state index in [9.17, 15) is 13.2 Å². The molecule has 2 fully saturated rings. The number of halogens is 3. The normalized spacial score (nSPS) is 26.1. The third kappa shape index (κ3) is 3.21. The van der Waals surface area contributed by atoms with Crippen molar-refractivity contribution in [3.05, 3.63) is 29.3 Å². The Morgan fingerprint density at radius 2 is 1.67 bits per heavy atom. The molecule has 2 aliphatic rings. The Bertz CT molecular complexity index is 606. The Labute approximate surface area is 140 Å². The molecule has 0 spiro atoms. The summed E-state index contributed by atoms with van der Waals surface area (Å²) in [7, 11) is -0.822.